The topological polar surface area (TPSA) is 90.1 Å². The van der Waals surface area contributed by atoms with E-state index in [1.54, 1.807) is 12.1 Å². The molecule has 0 aromatic carbocycles. The molecule has 0 fully saturated rings. The zero-order valence-electron chi connectivity index (χ0n) is 9.82. The van der Waals surface area contributed by atoms with Crippen LogP contribution in [0.4, 0.5) is 0 Å². The first-order valence-electron chi connectivity index (χ1n) is 5.12. The average molecular weight is 281 g/mol. The minimum absolute atomic E-state index is 0.256. The average Bonchev–Trinajstić information content (AvgIpc) is 2.84. The number of ether oxygens (including phenoxy) is 1. The zero-order chi connectivity index (χ0) is 13.8. The molecule has 8 heteroatoms. The molecule has 0 bridgehead atoms. The van der Waals surface area contributed by atoms with Gasteiger partial charge in [0.1, 0.15) is 11.5 Å². The number of carbonyl (C=O) groups is 1. The number of nitrogens with zero attached hydrogens (tertiary/aromatic N) is 4. The van der Waals surface area contributed by atoms with E-state index in [0.29, 0.717) is 17.3 Å². The highest BCUT2D eigenvalue weighted by molar-refractivity contribution is 6.29. The summed E-state index contributed by atoms with van der Waals surface area (Å²) in [6, 6.07) is 3.22. The Labute approximate surface area is 113 Å². The van der Waals surface area contributed by atoms with Crippen molar-refractivity contribution in [3.05, 3.63) is 29.7 Å². The molecule has 2 heterocycles. The van der Waals surface area contributed by atoms with Gasteiger partial charge in [-0.15, -0.1) is 5.10 Å². The second-order valence-electron chi connectivity index (χ2n) is 3.42. The number of aliphatic carboxylic acids is 1. The smallest absolute Gasteiger partial charge is 0.329 e. The van der Waals surface area contributed by atoms with E-state index in [-0.39, 0.29) is 5.15 Å². The lowest BCUT2D eigenvalue weighted by atomic mass is 10.2. The van der Waals surface area contributed by atoms with Gasteiger partial charge in [0.2, 0.25) is 5.88 Å². The number of aromatic nitrogens is 4. The summed E-state index contributed by atoms with van der Waals surface area (Å²) in [6.45, 7) is 0. The zero-order valence-corrected chi connectivity index (χ0v) is 10.6. The monoisotopic (exact) mass is 280 g/mol. The van der Waals surface area contributed by atoms with Gasteiger partial charge in [-0.05, 0) is 6.07 Å². The van der Waals surface area contributed by atoms with Crippen LogP contribution in [-0.2, 0) is 4.79 Å². The standard InChI is InChI=1S/C11H9ClN4O3/c1-19-9-5-7(4-8(12)14-9)11-13-6-16(15-11)3-2-10(17)18/h2-6H,1H3,(H,17,18). The van der Waals surface area contributed by atoms with E-state index in [2.05, 4.69) is 15.1 Å². The Hall–Kier alpha value is -2.41. The van der Waals surface area contributed by atoms with Crippen LogP contribution in [0.2, 0.25) is 5.15 Å². The number of halogens is 1. The molecular formula is C11H9ClN4O3. The van der Waals surface area contributed by atoms with Gasteiger partial charge in [0.15, 0.2) is 5.82 Å². The van der Waals surface area contributed by atoms with E-state index >= 15 is 0 Å². The van der Waals surface area contributed by atoms with Crippen molar-refractivity contribution in [2.24, 2.45) is 0 Å². The summed E-state index contributed by atoms with van der Waals surface area (Å²) in [7, 11) is 1.48. The lowest BCUT2D eigenvalue weighted by molar-refractivity contribution is -0.131. The maximum absolute atomic E-state index is 10.4. The molecule has 0 amide bonds. The van der Waals surface area contributed by atoms with Crippen LogP contribution in [0, 0.1) is 0 Å². The molecule has 0 radical (unpaired) electrons. The Balaban J connectivity index is 2.32. The molecular weight excluding hydrogens is 272 g/mol. The first-order chi connectivity index (χ1) is 9.08. The van der Waals surface area contributed by atoms with E-state index in [1.807, 2.05) is 0 Å². The number of pyridine rings is 1. The normalized spacial score (nSPS) is 10.8. The molecule has 0 aliphatic rings. The van der Waals surface area contributed by atoms with Crippen molar-refractivity contribution < 1.29 is 14.6 Å². The van der Waals surface area contributed by atoms with Gasteiger partial charge >= 0.3 is 5.97 Å². The molecule has 2 aromatic rings. The van der Waals surface area contributed by atoms with Crippen molar-refractivity contribution in [3.63, 3.8) is 0 Å². The number of carboxylic acid groups (broad SMARTS) is 1. The van der Waals surface area contributed by atoms with Crippen LogP contribution in [0.3, 0.4) is 0 Å². The van der Waals surface area contributed by atoms with E-state index in [1.165, 1.54) is 24.3 Å². The van der Waals surface area contributed by atoms with Crippen molar-refractivity contribution in [1.29, 1.82) is 0 Å². The van der Waals surface area contributed by atoms with E-state index < -0.39 is 5.97 Å². The molecule has 0 saturated heterocycles. The summed E-state index contributed by atoms with van der Waals surface area (Å²) in [5.74, 6) is -0.330. The lowest BCUT2D eigenvalue weighted by Crippen LogP contribution is -1.93. The van der Waals surface area contributed by atoms with Crippen LogP contribution < -0.4 is 4.74 Å². The van der Waals surface area contributed by atoms with E-state index in [0.717, 1.165) is 6.08 Å². The molecule has 0 atom stereocenters. The van der Waals surface area contributed by atoms with Crippen molar-refractivity contribution in [1.82, 2.24) is 19.7 Å². The molecule has 19 heavy (non-hydrogen) atoms. The maximum atomic E-state index is 10.4. The van der Waals surface area contributed by atoms with E-state index in [9.17, 15) is 4.79 Å². The highest BCUT2D eigenvalue weighted by atomic mass is 35.5. The number of hydrogen-bond acceptors (Lipinski definition) is 5. The molecule has 0 aliphatic carbocycles. The van der Waals surface area contributed by atoms with Gasteiger partial charge in [-0.2, -0.15) is 0 Å². The fourth-order valence-electron chi connectivity index (χ4n) is 1.33. The summed E-state index contributed by atoms with van der Waals surface area (Å²) in [5.41, 5.74) is 0.624. The highest BCUT2D eigenvalue weighted by Crippen LogP contribution is 2.22. The largest absolute Gasteiger partial charge is 0.481 e. The second kappa shape index (κ2) is 5.49. The molecule has 0 unspecified atom stereocenters. The first kappa shape index (κ1) is 13.0. The predicted octanol–water partition coefficient (Wildman–Crippen LogP) is 1.56. The SMILES string of the molecule is COc1cc(-c2ncn(C=CC(=O)O)n2)cc(Cl)n1. The Bertz CT molecular complexity index is 639. The van der Waals surface area contributed by atoms with Crippen LogP contribution >= 0.6 is 11.6 Å². The summed E-state index contributed by atoms with van der Waals surface area (Å²) in [5, 5.41) is 12.9. The van der Waals surface area contributed by atoms with Gasteiger partial charge in [0.25, 0.3) is 0 Å². The molecule has 98 valence electrons. The maximum Gasteiger partial charge on any atom is 0.329 e. The van der Waals surface area contributed by atoms with E-state index in [4.69, 9.17) is 21.4 Å². The molecule has 0 saturated carbocycles. The fraction of sp³-hybridized carbons (Fsp3) is 0.0909. The summed E-state index contributed by atoms with van der Waals surface area (Å²) in [6.07, 6.45) is 3.62. The van der Waals surface area contributed by atoms with Gasteiger partial charge in [-0.25, -0.2) is 19.4 Å². The minimum Gasteiger partial charge on any atom is -0.481 e. The van der Waals surface area contributed by atoms with Crippen LogP contribution in [-0.4, -0.2) is 37.9 Å². The van der Waals surface area contributed by atoms with Gasteiger partial charge in [-0.3, -0.25) is 0 Å². The predicted molar refractivity (Wildman–Crippen MR) is 67.8 cm³/mol. The number of carboxylic acids is 1. The van der Waals surface area contributed by atoms with Crippen LogP contribution in [0.5, 0.6) is 5.88 Å². The number of hydrogen-bond donors (Lipinski definition) is 1. The molecule has 1 N–H and O–H groups in total. The molecule has 0 aliphatic heterocycles. The fourth-order valence-corrected chi connectivity index (χ4v) is 1.53. The summed E-state index contributed by atoms with van der Waals surface area (Å²) >= 11 is 5.84. The number of methoxy groups -OCH3 is 1. The van der Waals surface area contributed by atoms with Gasteiger partial charge in [-0.1, -0.05) is 11.6 Å². The highest BCUT2D eigenvalue weighted by Gasteiger charge is 2.08. The van der Waals surface area contributed by atoms with Gasteiger partial charge < -0.3 is 9.84 Å². The van der Waals surface area contributed by atoms with Crippen molar-refractivity contribution in [2.45, 2.75) is 0 Å². The third-order valence-electron chi connectivity index (χ3n) is 2.12. The molecule has 2 aromatic heterocycles. The Morgan fingerprint density at radius 1 is 1.53 bits per heavy atom. The van der Waals surface area contributed by atoms with Crippen molar-refractivity contribution in [2.75, 3.05) is 7.11 Å². The summed E-state index contributed by atoms with van der Waals surface area (Å²) in [4.78, 5) is 18.4. The molecule has 2 rings (SSSR count). The van der Waals surface area contributed by atoms with Gasteiger partial charge in [0, 0.05) is 23.9 Å². The van der Waals surface area contributed by atoms with Crippen molar-refractivity contribution in [3.8, 4) is 17.3 Å². The first-order valence-corrected chi connectivity index (χ1v) is 5.50. The second-order valence-corrected chi connectivity index (χ2v) is 3.81. The Kier molecular flexibility index (Phi) is 3.76. The third kappa shape index (κ3) is 3.29. The molecule has 0 spiro atoms. The summed E-state index contributed by atoms with van der Waals surface area (Å²) < 4.78 is 6.28. The minimum atomic E-state index is -1.06. The lowest BCUT2D eigenvalue weighted by Gasteiger charge is -2.01. The number of rotatable bonds is 4. The Morgan fingerprint density at radius 2 is 2.32 bits per heavy atom. The van der Waals surface area contributed by atoms with Crippen LogP contribution in [0.1, 0.15) is 0 Å². The quantitative estimate of drug-likeness (QED) is 0.675. The molecule has 7 nitrogen and oxygen atoms in total. The van der Waals surface area contributed by atoms with Gasteiger partial charge in [0.05, 0.1) is 7.11 Å². The Morgan fingerprint density at radius 3 is 3.00 bits per heavy atom. The third-order valence-corrected chi connectivity index (χ3v) is 2.31. The van der Waals surface area contributed by atoms with Crippen molar-refractivity contribution >= 4 is 23.8 Å². The van der Waals surface area contributed by atoms with Crippen LogP contribution in [0.15, 0.2) is 24.5 Å². The van der Waals surface area contributed by atoms with Crippen LogP contribution in [0.25, 0.3) is 17.6 Å².